The van der Waals surface area contributed by atoms with E-state index in [0.717, 1.165) is 32.1 Å². The van der Waals surface area contributed by atoms with Crippen molar-refractivity contribution >= 4 is 5.91 Å². The molecule has 68 heavy (non-hydrogen) atoms. The monoisotopic (exact) mass is 964 g/mol. The molecular formula is C58H109NO9. The Morgan fingerprint density at radius 2 is 0.868 bits per heavy atom. The largest absolute Gasteiger partial charge is 0.394 e. The minimum absolute atomic E-state index is 0.304. The van der Waals surface area contributed by atoms with Crippen molar-refractivity contribution in [2.45, 2.75) is 313 Å². The predicted octanol–water partition coefficient (Wildman–Crippen LogP) is 12.9. The van der Waals surface area contributed by atoms with Gasteiger partial charge in [-0.3, -0.25) is 4.79 Å². The lowest BCUT2D eigenvalue weighted by Crippen LogP contribution is -2.60. The number of nitrogens with one attached hydrogen (secondary N) is 1. The number of rotatable bonds is 49. The predicted molar refractivity (Wildman–Crippen MR) is 282 cm³/mol. The summed E-state index contributed by atoms with van der Waals surface area (Å²) in [5.41, 5.74) is 0. The van der Waals surface area contributed by atoms with E-state index in [4.69, 9.17) is 9.47 Å². The van der Waals surface area contributed by atoms with Gasteiger partial charge in [0.2, 0.25) is 5.91 Å². The van der Waals surface area contributed by atoms with Crippen LogP contribution >= 0.6 is 0 Å². The van der Waals surface area contributed by atoms with Crippen molar-refractivity contribution in [3.8, 4) is 0 Å². The number of carbonyl (C=O) groups excluding carboxylic acids is 1. The minimum Gasteiger partial charge on any atom is -0.394 e. The van der Waals surface area contributed by atoms with Crippen LogP contribution in [0.4, 0.5) is 0 Å². The lowest BCUT2D eigenvalue weighted by atomic mass is 9.99. The van der Waals surface area contributed by atoms with Crippen LogP contribution in [0.15, 0.2) is 36.5 Å². The maximum Gasteiger partial charge on any atom is 0.249 e. The second-order valence-electron chi connectivity index (χ2n) is 20.2. The van der Waals surface area contributed by atoms with E-state index in [1.807, 2.05) is 6.08 Å². The number of amides is 1. The summed E-state index contributed by atoms with van der Waals surface area (Å²) in [4.78, 5) is 13.1. The summed E-state index contributed by atoms with van der Waals surface area (Å²) in [5, 5.41) is 65.0. The van der Waals surface area contributed by atoms with Gasteiger partial charge in [-0.1, -0.05) is 243 Å². The summed E-state index contributed by atoms with van der Waals surface area (Å²) < 4.78 is 11.2. The molecule has 1 rings (SSSR count). The first-order valence-electron chi connectivity index (χ1n) is 28.8. The molecule has 0 spiro atoms. The van der Waals surface area contributed by atoms with E-state index in [0.29, 0.717) is 19.3 Å². The fraction of sp³-hybridized carbons (Fsp3) is 0.879. The molecule has 0 aromatic carbocycles. The van der Waals surface area contributed by atoms with Crippen LogP contribution in [0.25, 0.3) is 0 Å². The Kier molecular flexibility index (Phi) is 45.1. The first-order chi connectivity index (χ1) is 33.3. The molecule has 0 aromatic heterocycles. The third-order valence-electron chi connectivity index (χ3n) is 13.8. The summed E-state index contributed by atoms with van der Waals surface area (Å²) in [6, 6.07) is -0.997. The molecule has 0 radical (unpaired) electrons. The third-order valence-corrected chi connectivity index (χ3v) is 13.8. The number of allylic oxidation sites excluding steroid dienone is 5. The quantitative estimate of drug-likeness (QED) is 0.0232. The topological polar surface area (TPSA) is 169 Å². The van der Waals surface area contributed by atoms with Crippen molar-refractivity contribution in [1.29, 1.82) is 0 Å². The molecule has 0 aliphatic carbocycles. The molecule has 0 bridgehead atoms. The maximum absolute atomic E-state index is 13.1. The van der Waals surface area contributed by atoms with Gasteiger partial charge in [-0.15, -0.1) is 0 Å². The van der Waals surface area contributed by atoms with Crippen LogP contribution in [0.1, 0.15) is 264 Å². The summed E-state index contributed by atoms with van der Waals surface area (Å²) in [6.45, 7) is 3.62. The molecule has 10 heteroatoms. The van der Waals surface area contributed by atoms with Crippen molar-refractivity contribution in [1.82, 2.24) is 5.32 Å². The molecule has 10 nitrogen and oxygen atoms in total. The molecule has 0 aromatic rings. The van der Waals surface area contributed by atoms with Crippen LogP contribution < -0.4 is 5.32 Å². The Bertz CT molecular complexity index is 1180. The normalized spacial score (nSPS) is 20.3. The van der Waals surface area contributed by atoms with Gasteiger partial charge < -0.3 is 45.4 Å². The van der Waals surface area contributed by atoms with Crippen LogP contribution in [0.3, 0.4) is 0 Å². The van der Waals surface area contributed by atoms with E-state index < -0.39 is 61.5 Å². The Labute approximate surface area is 417 Å². The molecule has 400 valence electrons. The fourth-order valence-electron chi connectivity index (χ4n) is 9.12. The summed E-state index contributed by atoms with van der Waals surface area (Å²) in [5.74, 6) is -0.624. The lowest BCUT2D eigenvalue weighted by Gasteiger charge is -2.40. The Morgan fingerprint density at radius 1 is 0.500 bits per heavy atom. The van der Waals surface area contributed by atoms with Crippen molar-refractivity contribution in [3.63, 3.8) is 0 Å². The smallest absolute Gasteiger partial charge is 0.249 e. The first-order valence-corrected chi connectivity index (χ1v) is 28.8. The highest BCUT2D eigenvalue weighted by atomic mass is 16.7. The molecular weight excluding hydrogens is 855 g/mol. The van der Waals surface area contributed by atoms with Crippen LogP contribution in [-0.2, 0) is 14.3 Å². The zero-order valence-electron chi connectivity index (χ0n) is 44.0. The highest BCUT2D eigenvalue weighted by Crippen LogP contribution is 2.23. The number of hydrogen-bond acceptors (Lipinski definition) is 9. The Balaban J connectivity index is 2.25. The summed E-state index contributed by atoms with van der Waals surface area (Å²) in [7, 11) is 0. The second kappa shape index (κ2) is 47.7. The van der Waals surface area contributed by atoms with Gasteiger partial charge in [-0.05, 0) is 57.8 Å². The molecule has 8 atom stereocenters. The fourth-order valence-corrected chi connectivity index (χ4v) is 9.12. The number of unbranched alkanes of at least 4 members (excludes halogenated alkanes) is 34. The van der Waals surface area contributed by atoms with Gasteiger partial charge in [0.1, 0.15) is 30.5 Å². The van der Waals surface area contributed by atoms with Gasteiger partial charge in [0, 0.05) is 0 Å². The number of carbonyl (C=O) groups is 1. The molecule has 0 saturated carbocycles. The zero-order chi connectivity index (χ0) is 49.6. The molecule has 7 N–H and O–H groups in total. The molecule has 1 aliphatic heterocycles. The van der Waals surface area contributed by atoms with E-state index in [9.17, 15) is 35.4 Å². The molecule has 1 aliphatic rings. The first kappa shape index (κ1) is 64.4. The van der Waals surface area contributed by atoms with E-state index >= 15 is 0 Å². The number of aliphatic hydroxyl groups is 6. The van der Waals surface area contributed by atoms with Gasteiger partial charge in [0.05, 0.1) is 25.4 Å². The Hall–Kier alpha value is -1.63. The SMILES string of the molecule is CCCCCCCCCCCC/C=C/CC/C=C/C(O)C(COC1OC(CO)C(O)C(O)C1O)NC(=O)C(O)CCCCCCCCCCCCC/C=C\CCCCCCCCCCCCCC. The zero-order valence-corrected chi connectivity index (χ0v) is 44.0. The summed E-state index contributed by atoms with van der Waals surface area (Å²) in [6.07, 6.45) is 51.1. The maximum atomic E-state index is 13.1. The molecule has 1 saturated heterocycles. The standard InChI is InChI=1S/C58H109NO9/c1-3-5-7-9-11-13-15-17-19-21-22-23-24-25-26-27-28-29-30-31-33-35-37-39-41-43-45-47-52(62)57(66)59-50(49-67-58-56(65)55(64)54(63)53(48-60)68-58)51(61)46-44-42-40-38-36-34-32-20-18-16-14-12-10-8-6-4-2/h25-26,36,38,44,46,50-56,58,60-65H,3-24,27-35,37,39-43,45,47-49H2,1-2H3,(H,59,66)/b26-25-,38-36+,46-44+. The van der Waals surface area contributed by atoms with Gasteiger partial charge in [-0.25, -0.2) is 0 Å². The van der Waals surface area contributed by atoms with E-state index in [2.05, 4.69) is 43.5 Å². The van der Waals surface area contributed by atoms with Crippen LogP contribution in [0.2, 0.25) is 0 Å². The van der Waals surface area contributed by atoms with E-state index in [1.165, 1.54) is 199 Å². The molecule has 8 unspecified atom stereocenters. The molecule has 1 heterocycles. The van der Waals surface area contributed by atoms with Crippen LogP contribution in [0.5, 0.6) is 0 Å². The van der Waals surface area contributed by atoms with E-state index in [1.54, 1.807) is 6.08 Å². The van der Waals surface area contributed by atoms with Gasteiger partial charge in [0.15, 0.2) is 6.29 Å². The van der Waals surface area contributed by atoms with Gasteiger partial charge in [0.25, 0.3) is 0 Å². The average molecular weight is 965 g/mol. The van der Waals surface area contributed by atoms with Crippen molar-refractivity contribution in [2.24, 2.45) is 0 Å². The van der Waals surface area contributed by atoms with Gasteiger partial charge >= 0.3 is 0 Å². The van der Waals surface area contributed by atoms with Crippen molar-refractivity contribution in [2.75, 3.05) is 13.2 Å². The van der Waals surface area contributed by atoms with E-state index in [-0.39, 0.29) is 6.61 Å². The second-order valence-corrected chi connectivity index (χ2v) is 20.2. The van der Waals surface area contributed by atoms with Crippen LogP contribution in [-0.4, -0.2) is 98.7 Å². The molecule has 1 fully saturated rings. The van der Waals surface area contributed by atoms with Crippen molar-refractivity contribution < 1.29 is 44.9 Å². The number of aliphatic hydroxyl groups excluding tert-OH is 6. The number of ether oxygens (including phenoxy) is 2. The summed E-state index contributed by atoms with van der Waals surface area (Å²) >= 11 is 0. The number of hydrogen-bond donors (Lipinski definition) is 7. The van der Waals surface area contributed by atoms with Crippen LogP contribution in [0, 0.1) is 0 Å². The van der Waals surface area contributed by atoms with Crippen molar-refractivity contribution in [3.05, 3.63) is 36.5 Å². The Morgan fingerprint density at radius 3 is 1.28 bits per heavy atom. The van der Waals surface area contributed by atoms with Gasteiger partial charge in [-0.2, -0.15) is 0 Å². The average Bonchev–Trinajstić information content (AvgIpc) is 3.34. The molecule has 1 amide bonds. The highest BCUT2D eigenvalue weighted by Gasteiger charge is 2.44. The minimum atomic E-state index is -1.62. The highest BCUT2D eigenvalue weighted by molar-refractivity contribution is 5.80. The third kappa shape index (κ3) is 36.3. The lowest BCUT2D eigenvalue weighted by molar-refractivity contribution is -0.302.